The molecule has 0 heterocycles. The predicted molar refractivity (Wildman–Crippen MR) is 153 cm³/mol. The predicted octanol–water partition coefficient (Wildman–Crippen LogP) is 5.87. The van der Waals surface area contributed by atoms with Gasteiger partial charge in [-0.1, -0.05) is 24.8 Å². The fourth-order valence-electron chi connectivity index (χ4n) is 4.51. The van der Waals surface area contributed by atoms with Gasteiger partial charge in [0.2, 0.25) is 0 Å². The molecule has 0 bridgehead atoms. The molecule has 5 heteroatoms. The number of anilines is 1. The summed E-state index contributed by atoms with van der Waals surface area (Å²) in [5, 5.41) is 3.51. The molecule has 4 rings (SSSR count). The summed E-state index contributed by atoms with van der Waals surface area (Å²) >= 11 is 0. The van der Waals surface area contributed by atoms with Gasteiger partial charge in [-0.3, -0.25) is 0 Å². The van der Waals surface area contributed by atoms with E-state index in [-0.39, 0.29) is 0 Å². The van der Waals surface area contributed by atoms with Crippen molar-refractivity contribution in [3.05, 3.63) is 83.1 Å². The molecule has 2 aliphatic rings. The molecule has 0 aliphatic heterocycles. The lowest BCUT2D eigenvalue weighted by Crippen LogP contribution is -2.10. The topological polar surface area (TPSA) is 67.6 Å². The van der Waals surface area contributed by atoms with Gasteiger partial charge in [-0.2, -0.15) is 0 Å². The fourth-order valence-corrected chi connectivity index (χ4v) is 4.51. The molecule has 2 aromatic rings. The maximum atomic E-state index is 8.00. The fraction of sp³-hybridized carbons (Fsp3) is 0.433. The standard InChI is InChI=1S/C15H19N.C11H17NO.C2H4.CH5N.CH2O/c1-10(2)16-15-13-7-3-5-11(13)9-12-6-4-8-14(12)15;1-9-5-6-10(8-12(2)3)7-11(9)13-4;3*1-2/h9,16H,1,3-8H2,2H3;5-7H,8H2,1-4H3;1-2H2;2H2,1H3;1H2. The SMILES string of the molecule is C=C.C=C(C)Nc1c2c(cc3c1CCC3)CCC2.C=O.CN.COc1cc(CN(C)C)ccc1C. The molecule has 2 aliphatic carbocycles. The van der Waals surface area contributed by atoms with Crippen molar-refractivity contribution in [2.75, 3.05) is 33.6 Å². The highest BCUT2D eigenvalue weighted by Gasteiger charge is 2.23. The third-order valence-electron chi connectivity index (χ3n) is 5.78. The van der Waals surface area contributed by atoms with E-state index in [9.17, 15) is 0 Å². The number of allylic oxidation sites excluding steroid dienone is 1. The molecule has 35 heavy (non-hydrogen) atoms. The number of hydrogen-bond acceptors (Lipinski definition) is 5. The van der Waals surface area contributed by atoms with Crippen LogP contribution in [0.2, 0.25) is 0 Å². The van der Waals surface area contributed by atoms with Crippen LogP contribution >= 0.6 is 0 Å². The number of rotatable bonds is 5. The summed E-state index contributed by atoms with van der Waals surface area (Å²) in [6.07, 6.45) is 7.68. The van der Waals surface area contributed by atoms with Gasteiger partial charge in [-0.05, 0) is 113 Å². The Morgan fingerprint density at radius 2 is 1.51 bits per heavy atom. The van der Waals surface area contributed by atoms with Crippen LogP contribution in [0.3, 0.4) is 0 Å². The molecule has 2 aromatic carbocycles. The molecular weight excluding hydrogens is 434 g/mol. The number of carbonyl (C=O) groups is 1. The molecule has 5 nitrogen and oxygen atoms in total. The van der Waals surface area contributed by atoms with Crippen molar-refractivity contribution in [1.29, 1.82) is 0 Å². The Balaban J connectivity index is 0.000000554. The molecule has 194 valence electrons. The largest absolute Gasteiger partial charge is 0.496 e. The highest BCUT2D eigenvalue weighted by Crippen LogP contribution is 2.38. The number of carbonyl (C=O) groups excluding carboxylic acids is 1. The third-order valence-corrected chi connectivity index (χ3v) is 5.78. The average molecular weight is 482 g/mol. The van der Waals surface area contributed by atoms with Crippen LogP contribution in [0.1, 0.15) is 53.1 Å². The van der Waals surface area contributed by atoms with Crippen LogP contribution in [0, 0.1) is 6.92 Å². The molecular formula is C30H47N3O2. The van der Waals surface area contributed by atoms with Crippen molar-refractivity contribution in [1.82, 2.24) is 4.90 Å². The average Bonchev–Trinajstić information content (AvgIpc) is 3.53. The van der Waals surface area contributed by atoms with Crippen LogP contribution in [0.5, 0.6) is 5.75 Å². The summed E-state index contributed by atoms with van der Waals surface area (Å²) in [5.74, 6) is 0.972. The Morgan fingerprint density at radius 1 is 1.00 bits per heavy atom. The number of nitrogens with two attached hydrogens (primary N) is 1. The molecule has 0 amide bonds. The first-order chi connectivity index (χ1) is 16.9. The van der Waals surface area contributed by atoms with Gasteiger partial charge in [-0.25, -0.2) is 0 Å². The summed E-state index contributed by atoms with van der Waals surface area (Å²) in [6, 6.07) is 8.79. The zero-order valence-electron chi connectivity index (χ0n) is 22.9. The molecule has 0 saturated carbocycles. The first-order valence-corrected chi connectivity index (χ1v) is 12.1. The van der Waals surface area contributed by atoms with E-state index in [1.807, 2.05) is 6.79 Å². The lowest BCUT2D eigenvalue weighted by molar-refractivity contribution is -0.0979. The Kier molecular flexibility index (Phi) is 16.1. The summed E-state index contributed by atoms with van der Waals surface area (Å²) in [7, 11) is 7.33. The number of nitrogens with one attached hydrogen (secondary N) is 1. The van der Waals surface area contributed by atoms with Crippen LogP contribution in [0.25, 0.3) is 0 Å². The second kappa shape index (κ2) is 17.5. The highest BCUT2D eigenvalue weighted by atomic mass is 16.5. The van der Waals surface area contributed by atoms with Crippen LogP contribution in [0.4, 0.5) is 5.69 Å². The zero-order valence-corrected chi connectivity index (χ0v) is 22.9. The molecule has 0 spiro atoms. The Labute approximate surface area is 214 Å². The lowest BCUT2D eigenvalue weighted by atomic mass is 9.98. The van der Waals surface area contributed by atoms with E-state index in [1.165, 1.54) is 62.4 Å². The van der Waals surface area contributed by atoms with E-state index < -0.39 is 0 Å². The van der Waals surface area contributed by atoms with Gasteiger partial charge in [-0.15, -0.1) is 13.2 Å². The van der Waals surface area contributed by atoms with Crippen LogP contribution in [-0.4, -0.2) is 39.9 Å². The summed E-state index contributed by atoms with van der Waals surface area (Å²) < 4.78 is 5.25. The van der Waals surface area contributed by atoms with Crippen molar-refractivity contribution in [2.24, 2.45) is 5.73 Å². The first-order valence-electron chi connectivity index (χ1n) is 12.1. The second-order valence-electron chi connectivity index (χ2n) is 8.68. The van der Waals surface area contributed by atoms with E-state index in [1.54, 1.807) is 29.4 Å². The van der Waals surface area contributed by atoms with E-state index in [0.717, 1.165) is 18.0 Å². The van der Waals surface area contributed by atoms with Gasteiger partial charge in [0.25, 0.3) is 0 Å². The number of benzene rings is 2. The number of hydrogen-bond donors (Lipinski definition) is 2. The smallest absolute Gasteiger partial charge is 0.122 e. The normalized spacial score (nSPS) is 12.1. The number of methoxy groups -OCH3 is 1. The number of ether oxygens (including phenoxy) is 1. The molecule has 0 aromatic heterocycles. The van der Waals surface area contributed by atoms with Gasteiger partial charge in [0, 0.05) is 17.9 Å². The molecule has 3 N–H and O–H groups in total. The summed E-state index contributed by atoms with van der Waals surface area (Å²) in [4.78, 5) is 10.1. The quantitative estimate of drug-likeness (QED) is 0.523. The maximum Gasteiger partial charge on any atom is 0.122 e. The van der Waals surface area contributed by atoms with Crippen molar-refractivity contribution in [2.45, 2.75) is 58.9 Å². The maximum absolute atomic E-state index is 8.00. The summed E-state index contributed by atoms with van der Waals surface area (Å²) in [5.41, 5.74) is 15.8. The minimum atomic E-state index is 0.955. The minimum absolute atomic E-state index is 0.955. The van der Waals surface area contributed by atoms with Gasteiger partial charge < -0.3 is 25.5 Å². The number of fused-ring (bicyclic) bond motifs is 2. The van der Waals surface area contributed by atoms with Crippen LogP contribution < -0.4 is 15.8 Å². The van der Waals surface area contributed by atoms with E-state index >= 15 is 0 Å². The van der Waals surface area contributed by atoms with E-state index in [2.05, 4.69) is 87.9 Å². The molecule has 0 radical (unpaired) electrons. The molecule has 0 atom stereocenters. The zero-order chi connectivity index (χ0) is 27.0. The van der Waals surface area contributed by atoms with Crippen molar-refractivity contribution >= 4 is 12.5 Å². The van der Waals surface area contributed by atoms with Gasteiger partial charge in [0.1, 0.15) is 12.5 Å². The van der Waals surface area contributed by atoms with Crippen molar-refractivity contribution < 1.29 is 9.53 Å². The lowest BCUT2D eigenvalue weighted by Gasteiger charge is -2.16. The van der Waals surface area contributed by atoms with Crippen molar-refractivity contribution in [3.63, 3.8) is 0 Å². The number of nitrogens with zero attached hydrogens (tertiary/aromatic N) is 1. The van der Waals surface area contributed by atoms with Crippen LogP contribution in [0.15, 0.2) is 49.7 Å². The highest BCUT2D eigenvalue weighted by molar-refractivity contribution is 5.67. The minimum Gasteiger partial charge on any atom is -0.496 e. The summed E-state index contributed by atoms with van der Waals surface area (Å²) in [6.45, 7) is 17.1. The Morgan fingerprint density at radius 3 is 1.94 bits per heavy atom. The molecule has 0 unspecified atom stereocenters. The monoisotopic (exact) mass is 481 g/mol. The second-order valence-corrected chi connectivity index (χ2v) is 8.68. The Bertz CT molecular complexity index is 888. The van der Waals surface area contributed by atoms with Gasteiger partial charge >= 0.3 is 0 Å². The van der Waals surface area contributed by atoms with Crippen LogP contribution in [-0.2, 0) is 37.0 Å². The molecule has 0 saturated heterocycles. The van der Waals surface area contributed by atoms with Gasteiger partial charge in [0.05, 0.1) is 7.11 Å². The third kappa shape index (κ3) is 9.71. The molecule has 0 fully saturated rings. The van der Waals surface area contributed by atoms with Gasteiger partial charge in [0.15, 0.2) is 0 Å². The first kappa shape index (κ1) is 32.1. The number of aryl methyl sites for hydroxylation is 3. The van der Waals surface area contributed by atoms with E-state index in [0.29, 0.717) is 0 Å². The van der Waals surface area contributed by atoms with E-state index in [4.69, 9.17) is 9.53 Å². The Hall–Kier alpha value is -2.89. The van der Waals surface area contributed by atoms with Crippen molar-refractivity contribution in [3.8, 4) is 5.75 Å².